The topological polar surface area (TPSA) is 131 Å². The fourth-order valence-corrected chi connectivity index (χ4v) is 4.61. The van der Waals surface area contributed by atoms with Crippen molar-refractivity contribution in [1.82, 2.24) is 19.5 Å². The van der Waals surface area contributed by atoms with Crippen LogP contribution in [0.4, 0.5) is 22.0 Å². The van der Waals surface area contributed by atoms with E-state index in [-0.39, 0.29) is 40.6 Å². The number of primary amides is 1. The maximum Gasteiger partial charge on any atom is 0.225 e. The smallest absolute Gasteiger partial charge is 0.225 e. The Morgan fingerprint density at radius 1 is 1.27 bits per heavy atom. The summed E-state index contributed by atoms with van der Waals surface area (Å²) in [5.74, 6) is -0.233. The molecule has 0 saturated heterocycles. The molecule has 1 aliphatic carbocycles. The molecule has 9 nitrogen and oxygen atoms in total. The number of imidazole rings is 1. The number of nitrogens with zero attached hydrogens (tertiary/aromatic N) is 4. The Labute approximate surface area is 199 Å². The third-order valence-electron chi connectivity index (χ3n) is 5.79. The van der Waals surface area contributed by atoms with Gasteiger partial charge in [0.15, 0.2) is 5.65 Å². The quantitative estimate of drug-likeness (QED) is 0.389. The van der Waals surface area contributed by atoms with Crippen LogP contribution in [-0.2, 0) is 4.79 Å². The minimum Gasteiger partial charge on any atom is -0.394 e. The van der Waals surface area contributed by atoms with Gasteiger partial charge in [-0.2, -0.15) is 4.98 Å². The highest BCUT2D eigenvalue weighted by Crippen LogP contribution is 2.39. The number of hydrogen-bond acceptors (Lipinski definition) is 7. The first-order valence-electron chi connectivity index (χ1n) is 10.6. The van der Waals surface area contributed by atoms with Gasteiger partial charge in [0.05, 0.1) is 28.5 Å². The molecule has 1 fully saturated rings. The van der Waals surface area contributed by atoms with Gasteiger partial charge in [0.1, 0.15) is 11.3 Å². The summed E-state index contributed by atoms with van der Waals surface area (Å²) >= 11 is 12.5. The molecule has 3 aromatic rings. The number of nitrogens with two attached hydrogens (primary N) is 1. The molecule has 1 amide bonds. The zero-order valence-corrected chi connectivity index (χ0v) is 19.4. The second-order valence-electron chi connectivity index (χ2n) is 8.21. The molecule has 12 heteroatoms. The average Bonchev–Trinajstić information content (AvgIpc) is 3.13. The molecule has 1 unspecified atom stereocenters. The molecule has 1 aromatic carbocycles. The highest BCUT2D eigenvalue weighted by atomic mass is 35.5. The number of fused-ring (bicyclic) bond motifs is 1. The van der Waals surface area contributed by atoms with Crippen molar-refractivity contribution in [2.24, 2.45) is 11.7 Å². The number of amides is 1. The number of halogens is 3. The molecule has 33 heavy (non-hydrogen) atoms. The van der Waals surface area contributed by atoms with Crippen LogP contribution in [0.1, 0.15) is 38.6 Å². The van der Waals surface area contributed by atoms with Crippen molar-refractivity contribution in [3.05, 3.63) is 34.2 Å². The molecule has 0 radical (unpaired) electrons. The van der Waals surface area contributed by atoms with Gasteiger partial charge < -0.3 is 21.5 Å². The summed E-state index contributed by atoms with van der Waals surface area (Å²) in [6.45, 7) is 1.73. The number of rotatable bonds is 7. The Morgan fingerprint density at radius 2 is 1.94 bits per heavy atom. The number of carbonyl (C=O) groups is 1. The Hall–Kier alpha value is -2.69. The number of hydrogen-bond donors (Lipinski definition) is 4. The van der Waals surface area contributed by atoms with Crippen molar-refractivity contribution in [3.8, 4) is 0 Å². The van der Waals surface area contributed by atoms with E-state index in [1.165, 1.54) is 12.1 Å². The van der Waals surface area contributed by atoms with Gasteiger partial charge in [-0.05, 0) is 44.7 Å². The second kappa shape index (κ2) is 9.66. The number of aromatic nitrogens is 4. The Kier molecular flexibility index (Phi) is 6.87. The molecule has 0 spiro atoms. The molecule has 2 heterocycles. The SMILES string of the molecule is CC(CO)Nc1ncc2nc(Nc3c(Cl)cc(F)cc3Cl)n([C@H]3CC[C@@H](C(N)=O)CC3)c2n1. The number of carbonyl (C=O) groups excluding carboxylic acids is 1. The van der Waals surface area contributed by atoms with Gasteiger partial charge in [-0.1, -0.05) is 23.2 Å². The van der Waals surface area contributed by atoms with Crippen LogP contribution in [0.15, 0.2) is 18.3 Å². The Balaban J connectivity index is 1.77. The fraction of sp³-hybridized carbons (Fsp3) is 0.429. The van der Waals surface area contributed by atoms with Crippen molar-refractivity contribution in [2.75, 3.05) is 17.2 Å². The van der Waals surface area contributed by atoms with Crippen LogP contribution in [0.5, 0.6) is 0 Å². The molecule has 1 atom stereocenters. The van der Waals surface area contributed by atoms with Crippen LogP contribution in [0.3, 0.4) is 0 Å². The number of aliphatic hydroxyl groups excluding tert-OH is 1. The van der Waals surface area contributed by atoms with Crippen LogP contribution < -0.4 is 16.4 Å². The van der Waals surface area contributed by atoms with Crippen molar-refractivity contribution in [2.45, 2.75) is 44.7 Å². The van der Waals surface area contributed by atoms with Gasteiger partial charge in [0, 0.05) is 18.0 Å². The minimum absolute atomic E-state index is 0.0240. The molecule has 0 bridgehead atoms. The Morgan fingerprint density at radius 3 is 2.55 bits per heavy atom. The van der Waals surface area contributed by atoms with Crippen molar-refractivity contribution in [3.63, 3.8) is 0 Å². The molecular weight excluding hydrogens is 472 g/mol. The van der Waals surface area contributed by atoms with E-state index < -0.39 is 5.82 Å². The molecule has 176 valence electrons. The predicted octanol–water partition coefficient (Wildman–Crippen LogP) is 4.03. The first kappa shape index (κ1) is 23.5. The van der Waals surface area contributed by atoms with Gasteiger partial charge in [-0.15, -0.1) is 0 Å². The summed E-state index contributed by atoms with van der Waals surface area (Å²) in [7, 11) is 0. The summed E-state index contributed by atoms with van der Waals surface area (Å²) in [5.41, 5.74) is 6.92. The number of benzene rings is 1. The normalized spacial score (nSPS) is 19.4. The van der Waals surface area contributed by atoms with E-state index in [0.717, 1.165) is 0 Å². The fourth-order valence-electron chi connectivity index (χ4n) is 4.05. The van der Waals surface area contributed by atoms with E-state index in [1.54, 1.807) is 6.20 Å². The maximum atomic E-state index is 13.7. The molecule has 0 aliphatic heterocycles. The van der Waals surface area contributed by atoms with Crippen LogP contribution in [0, 0.1) is 11.7 Å². The van der Waals surface area contributed by atoms with E-state index in [2.05, 4.69) is 25.6 Å². The third-order valence-corrected chi connectivity index (χ3v) is 6.39. The molecule has 1 aliphatic rings. The van der Waals surface area contributed by atoms with Crippen LogP contribution in [0.25, 0.3) is 11.2 Å². The molecule has 2 aromatic heterocycles. The minimum atomic E-state index is -0.548. The van der Waals surface area contributed by atoms with Crippen molar-refractivity contribution in [1.29, 1.82) is 0 Å². The first-order chi connectivity index (χ1) is 15.8. The third kappa shape index (κ3) is 4.97. The van der Waals surface area contributed by atoms with Crippen LogP contribution in [0.2, 0.25) is 10.0 Å². The Bertz CT molecular complexity index is 1160. The van der Waals surface area contributed by atoms with Crippen LogP contribution in [-0.4, -0.2) is 43.2 Å². The number of aliphatic hydroxyl groups is 1. The summed E-state index contributed by atoms with van der Waals surface area (Å²) in [4.78, 5) is 25.2. The van der Waals surface area contributed by atoms with E-state index in [1.807, 2.05) is 11.5 Å². The zero-order valence-electron chi connectivity index (χ0n) is 17.9. The van der Waals surface area contributed by atoms with Gasteiger partial charge in [-0.3, -0.25) is 9.36 Å². The molecule has 4 rings (SSSR count). The molecule has 5 N–H and O–H groups in total. The first-order valence-corrected chi connectivity index (χ1v) is 11.4. The predicted molar refractivity (Wildman–Crippen MR) is 125 cm³/mol. The lowest BCUT2D eigenvalue weighted by Gasteiger charge is -2.29. The molecular formula is C21H24Cl2FN7O2. The van der Waals surface area contributed by atoms with Crippen LogP contribution >= 0.6 is 23.2 Å². The maximum absolute atomic E-state index is 13.7. The zero-order chi connectivity index (χ0) is 23.7. The van der Waals surface area contributed by atoms with E-state index >= 15 is 0 Å². The standard InChI is InChI=1S/C21H24Cl2FN7O2/c1-10(9-32)27-20-26-8-16-19(30-20)31(13-4-2-11(3-5-13)18(25)33)21(28-16)29-17-14(22)6-12(24)7-15(17)23/h6-8,10-11,13,32H,2-5,9H2,1H3,(H2,25,33)(H,28,29)(H,26,27,30)/t10?,11-,13+. The largest absolute Gasteiger partial charge is 0.394 e. The van der Waals surface area contributed by atoms with E-state index in [0.29, 0.717) is 54.4 Å². The number of nitrogens with one attached hydrogen (secondary N) is 2. The van der Waals surface area contributed by atoms with Crippen molar-refractivity contribution >= 4 is 57.9 Å². The molecule has 1 saturated carbocycles. The van der Waals surface area contributed by atoms with Gasteiger partial charge >= 0.3 is 0 Å². The summed E-state index contributed by atoms with van der Waals surface area (Å²) in [5, 5.41) is 15.7. The van der Waals surface area contributed by atoms with Gasteiger partial charge in [0.25, 0.3) is 0 Å². The monoisotopic (exact) mass is 495 g/mol. The van der Waals surface area contributed by atoms with Gasteiger partial charge in [-0.25, -0.2) is 14.4 Å². The van der Waals surface area contributed by atoms with E-state index in [9.17, 15) is 14.3 Å². The lowest BCUT2D eigenvalue weighted by Crippen LogP contribution is -2.29. The van der Waals surface area contributed by atoms with Crippen molar-refractivity contribution < 1.29 is 14.3 Å². The summed E-state index contributed by atoms with van der Waals surface area (Å²) in [6, 6.07) is 2.07. The highest BCUT2D eigenvalue weighted by molar-refractivity contribution is 6.39. The lowest BCUT2D eigenvalue weighted by atomic mass is 9.85. The summed E-state index contributed by atoms with van der Waals surface area (Å²) < 4.78 is 15.6. The van der Waals surface area contributed by atoms with Gasteiger partial charge in [0.2, 0.25) is 17.8 Å². The lowest BCUT2D eigenvalue weighted by molar-refractivity contribution is -0.122. The average molecular weight is 496 g/mol. The second-order valence-corrected chi connectivity index (χ2v) is 9.03. The number of anilines is 3. The van der Waals surface area contributed by atoms with E-state index in [4.69, 9.17) is 28.9 Å². The highest BCUT2D eigenvalue weighted by Gasteiger charge is 2.29. The summed E-state index contributed by atoms with van der Waals surface area (Å²) in [6.07, 6.45) is 4.26.